The first-order chi connectivity index (χ1) is 16.8. The van der Waals surface area contributed by atoms with Crippen molar-refractivity contribution in [3.8, 4) is 23.1 Å². The number of aliphatic hydroxyl groups excluding tert-OH is 1. The molecule has 1 aliphatic heterocycles. The van der Waals surface area contributed by atoms with Crippen LogP contribution in [0, 0.1) is 23.2 Å². The molecule has 2 aromatic rings. The molecule has 0 unspecified atom stereocenters. The number of pyridine rings is 1. The average Bonchev–Trinajstić information content (AvgIpc) is 2.84. The summed E-state index contributed by atoms with van der Waals surface area (Å²) >= 11 is 0. The van der Waals surface area contributed by atoms with Crippen molar-refractivity contribution in [1.82, 2.24) is 14.8 Å². The van der Waals surface area contributed by atoms with Gasteiger partial charge in [-0.15, -0.1) is 0 Å². The Kier molecular flexibility index (Phi) is 7.37. The van der Waals surface area contributed by atoms with Crippen LogP contribution in [0.2, 0.25) is 0 Å². The van der Waals surface area contributed by atoms with Crippen LogP contribution in [0.25, 0.3) is 11.1 Å². The third kappa shape index (κ3) is 5.15. The number of hydrogen-bond acceptors (Lipinski definition) is 6. The molecule has 8 nitrogen and oxygen atoms in total. The summed E-state index contributed by atoms with van der Waals surface area (Å²) in [4.78, 5) is 34.2. The fraction of sp³-hybridized carbons (Fsp3) is 0.481. The van der Waals surface area contributed by atoms with E-state index in [1.54, 1.807) is 47.3 Å². The smallest absolute Gasteiger partial charge is 0.259 e. The van der Waals surface area contributed by atoms with E-state index in [2.05, 4.69) is 11.1 Å². The van der Waals surface area contributed by atoms with Gasteiger partial charge in [-0.2, -0.15) is 5.26 Å². The topological polar surface area (TPSA) is 107 Å². The Morgan fingerprint density at radius 1 is 1.34 bits per heavy atom. The molecule has 0 radical (unpaired) electrons. The lowest BCUT2D eigenvalue weighted by Crippen LogP contribution is -2.51. The Labute approximate surface area is 206 Å². The standard InChI is InChI=1S/C27H32N4O4/c1-17-14-31(18(2)16-32)27(34)23-11-22(21-9-4-6-19(10-21)12-28)13-29-25(23)35-24(17)15-30(3)26(33)20-7-5-8-20/h4,6,9-11,13,17-18,20,24,32H,5,7-8,14-16H2,1-3H3/t17-,18+,24-/m1/s1. The third-order valence-electron chi connectivity index (χ3n) is 7.13. The van der Waals surface area contributed by atoms with E-state index in [-0.39, 0.29) is 42.2 Å². The number of fused-ring (bicyclic) bond motifs is 1. The highest BCUT2D eigenvalue weighted by Crippen LogP contribution is 2.32. The molecule has 1 saturated carbocycles. The van der Waals surface area contributed by atoms with Crippen LogP contribution in [0.15, 0.2) is 36.5 Å². The third-order valence-corrected chi connectivity index (χ3v) is 7.13. The van der Waals surface area contributed by atoms with Crippen LogP contribution < -0.4 is 4.74 Å². The molecule has 0 saturated heterocycles. The van der Waals surface area contributed by atoms with Crippen molar-refractivity contribution in [3.63, 3.8) is 0 Å². The Bertz CT molecular complexity index is 1140. The second kappa shape index (κ2) is 10.4. The van der Waals surface area contributed by atoms with Gasteiger partial charge in [0.15, 0.2) is 0 Å². The summed E-state index contributed by atoms with van der Waals surface area (Å²) in [6, 6.07) is 10.6. The maximum Gasteiger partial charge on any atom is 0.259 e. The molecule has 0 bridgehead atoms. The lowest BCUT2D eigenvalue weighted by Gasteiger charge is -2.38. The number of nitriles is 1. The molecule has 35 heavy (non-hydrogen) atoms. The van der Waals surface area contributed by atoms with E-state index in [1.807, 2.05) is 19.9 Å². The molecule has 3 atom stereocenters. The molecule has 184 valence electrons. The number of hydrogen-bond donors (Lipinski definition) is 1. The number of nitrogens with zero attached hydrogens (tertiary/aromatic N) is 4. The number of likely N-dealkylation sites (N-methyl/N-ethyl adjacent to an activating group) is 1. The Hall–Kier alpha value is -3.44. The summed E-state index contributed by atoms with van der Waals surface area (Å²) in [6.45, 7) is 4.39. The molecule has 1 N–H and O–H groups in total. The first-order valence-electron chi connectivity index (χ1n) is 12.2. The zero-order valence-corrected chi connectivity index (χ0v) is 20.5. The summed E-state index contributed by atoms with van der Waals surface area (Å²) in [5.41, 5.74) is 2.28. The number of carbonyl (C=O) groups excluding carboxylic acids is 2. The second-order valence-corrected chi connectivity index (χ2v) is 9.74. The van der Waals surface area contributed by atoms with E-state index < -0.39 is 6.04 Å². The first-order valence-corrected chi connectivity index (χ1v) is 12.2. The van der Waals surface area contributed by atoms with Crippen molar-refractivity contribution in [2.24, 2.45) is 11.8 Å². The maximum absolute atomic E-state index is 13.6. The van der Waals surface area contributed by atoms with E-state index in [9.17, 15) is 20.0 Å². The number of aromatic nitrogens is 1. The number of aliphatic hydroxyl groups is 1. The van der Waals surface area contributed by atoms with E-state index in [4.69, 9.17) is 4.74 Å². The summed E-state index contributed by atoms with van der Waals surface area (Å²) < 4.78 is 6.30. The molecule has 1 aromatic carbocycles. The second-order valence-electron chi connectivity index (χ2n) is 9.74. The van der Waals surface area contributed by atoms with Crippen LogP contribution in [-0.4, -0.2) is 70.6 Å². The van der Waals surface area contributed by atoms with Gasteiger partial charge in [0.25, 0.3) is 5.91 Å². The van der Waals surface area contributed by atoms with Crippen molar-refractivity contribution in [1.29, 1.82) is 5.26 Å². The fourth-order valence-electron chi connectivity index (χ4n) is 4.57. The summed E-state index contributed by atoms with van der Waals surface area (Å²) in [7, 11) is 1.80. The monoisotopic (exact) mass is 476 g/mol. The minimum Gasteiger partial charge on any atom is -0.472 e. The van der Waals surface area contributed by atoms with Gasteiger partial charge in [0, 0.05) is 37.2 Å². The Morgan fingerprint density at radius 3 is 2.77 bits per heavy atom. The van der Waals surface area contributed by atoms with Gasteiger partial charge in [0.2, 0.25) is 11.8 Å². The van der Waals surface area contributed by atoms with Crippen LogP contribution in [-0.2, 0) is 4.79 Å². The summed E-state index contributed by atoms with van der Waals surface area (Å²) in [5, 5.41) is 19.1. The molecule has 8 heteroatoms. The highest BCUT2D eigenvalue weighted by atomic mass is 16.5. The molecule has 2 amide bonds. The van der Waals surface area contributed by atoms with Crippen LogP contribution in [0.5, 0.6) is 5.88 Å². The number of carbonyl (C=O) groups is 2. The molecular formula is C27H32N4O4. The van der Waals surface area contributed by atoms with Crippen molar-refractivity contribution in [3.05, 3.63) is 47.7 Å². The number of benzene rings is 1. The van der Waals surface area contributed by atoms with E-state index in [0.29, 0.717) is 29.8 Å². The van der Waals surface area contributed by atoms with Crippen LogP contribution >= 0.6 is 0 Å². The van der Waals surface area contributed by atoms with Gasteiger partial charge in [-0.25, -0.2) is 4.98 Å². The molecule has 1 aliphatic carbocycles. The van der Waals surface area contributed by atoms with Gasteiger partial charge in [0.05, 0.1) is 30.8 Å². The highest BCUT2D eigenvalue weighted by molar-refractivity contribution is 5.98. The van der Waals surface area contributed by atoms with Gasteiger partial charge >= 0.3 is 0 Å². The molecule has 2 heterocycles. The van der Waals surface area contributed by atoms with Crippen molar-refractivity contribution in [2.45, 2.75) is 45.3 Å². The minimum atomic E-state index is -0.392. The summed E-state index contributed by atoms with van der Waals surface area (Å²) in [5.74, 6) is 0.0783. The first kappa shape index (κ1) is 24.7. The average molecular weight is 477 g/mol. The number of ether oxygens (including phenoxy) is 1. The highest BCUT2D eigenvalue weighted by Gasteiger charge is 2.36. The van der Waals surface area contributed by atoms with Gasteiger partial charge in [-0.1, -0.05) is 25.5 Å². The SMILES string of the molecule is C[C@@H]1CN([C@@H](C)CO)C(=O)c2cc(-c3cccc(C#N)c3)cnc2O[C@@H]1CN(C)C(=O)C1CCC1. The zero-order valence-electron chi connectivity index (χ0n) is 20.5. The van der Waals surface area contributed by atoms with Crippen molar-refractivity contribution >= 4 is 11.8 Å². The van der Waals surface area contributed by atoms with Gasteiger partial charge in [-0.05, 0) is 43.5 Å². The number of amides is 2. The van der Waals surface area contributed by atoms with Crippen LogP contribution in [0.3, 0.4) is 0 Å². The fourth-order valence-corrected chi connectivity index (χ4v) is 4.57. The molecule has 0 spiro atoms. The summed E-state index contributed by atoms with van der Waals surface area (Å²) in [6.07, 6.45) is 4.22. The van der Waals surface area contributed by atoms with Gasteiger partial charge in [-0.3, -0.25) is 9.59 Å². The van der Waals surface area contributed by atoms with E-state index >= 15 is 0 Å². The van der Waals surface area contributed by atoms with Gasteiger partial charge < -0.3 is 19.6 Å². The van der Waals surface area contributed by atoms with Crippen LogP contribution in [0.1, 0.15) is 49.0 Å². The molecular weight excluding hydrogens is 444 g/mol. The predicted molar refractivity (Wildman–Crippen MR) is 131 cm³/mol. The zero-order chi connectivity index (χ0) is 25.1. The molecule has 4 rings (SSSR count). The van der Waals surface area contributed by atoms with Crippen molar-refractivity contribution < 1.29 is 19.4 Å². The molecule has 1 fully saturated rings. The molecule has 2 aliphatic rings. The maximum atomic E-state index is 13.6. The minimum absolute atomic E-state index is 0.0912. The van der Waals surface area contributed by atoms with Crippen LogP contribution in [0.4, 0.5) is 0 Å². The predicted octanol–water partition coefficient (Wildman–Crippen LogP) is 3.10. The Morgan fingerprint density at radius 2 is 2.11 bits per heavy atom. The largest absolute Gasteiger partial charge is 0.472 e. The van der Waals surface area contributed by atoms with Gasteiger partial charge in [0.1, 0.15) is 11.7 Å². The van der Waals surface area contributed by atoms with E-state index in [0.717, 1.165) is 24.8 Å². The van der Waals surface area contributed by atoms with Crippen molar-refractivity contribution in [2.75, 3.05) is 26.7 Å². The normalized spacial score (nSPS) is 21.0. The lowest BCUT2D eigenvalue weighted by atomic mass is 9.84. The number of rotatable bonds is 6. The quantitative estimate of drug-likeness (QED) is 0.687. The Balaban J connectivity index is 1.69. The van der Waals surface area contributed by atoms with E-state index in [1.165, 1.54) is 0 Å². The molecule has 1 aromatic heterocycles. The lowest BCUT2D eigenvalue weighted by molar-refractivity contribution is -0.138.